The molecule has 0 radical (unpaired) electrons. The highest BCUT2D eigenvalue weighted by atomic mass is 16.6. The third-order valence-corrected chi connectivity index (χ3v) is 1.20. The van der Waals surface area contributed by atoms with Gasteiger partial charge in [0.25, 0.3) is 0 Å². The van der Waals surface area contributed by atoms with E-state index in [2.05, 4.69) is 0 Å². The van der Waals surface area contributed by atoms with E-state index in [1.165, 1.54) is 0 Å². The predicted octanol–water partition coefficient (Wildman–Crippen LogP) is 2.60. The van der Waals surface area contributed by atoms with Gasteiger partial charge in [-0.25, -0.2) is 0 Å². The van der Waals surface area contributed by atoms with Crippen LogP contribution in [0, 0.1) is 15.5 Å². The molecule has 0 saturated carbocycles. The van der Waals surface area contributed by atoms with Crippen molar-refractivity contribution >= 4 is 0 Å². The molecule has 3 heteroatoms. The van der Waals surface area contributed by atoms with Gasteiger partial charge in [-0.15, -0.1) is 0 Å². The predicted molar refractivity (Wildman–Crippen MR) is 44.8 cm³/mol. The Bertz CT molecular complexity index is 177. The quantitative estimate of drug-likeness (QED) is 0.456. The van der Waals surface area contributed by atoms with E-state index in [1.54, 1.807) is 13.0 Å². The largest absolute Gasteiger partial charge is 0.259 e. The minimum atomic E-state index is -0.314. The summed E-state index contributed by atoms with van der Waals surface area (Å²) in [7, 11) is 0. The second-order valence-corrected chi connectivity index (χ2v) is 3.61. The van der Waals surface area contributed by atoms with Crippen LogP contribution in [0.3, 0.4) is 0 Å². The number of rotatable bonds is 2. The molecule has 0 atom stereocenters. The van der Waals surface area contributed by atoms with E-state index >= 15 is 0 Å². The molecule has 64 valence electrons. The summed E-state index contributed by atoms with van der Waals surface area (Å²) in [5, 5.41) is 10.3. The Morgan fingerprint density at radius 3 is 2.09 bits per heavy atom. The minimum absolute atomic E-state index is 0.0988. The lowest BCUT2D eigenvalue weighted by Crippen LogP contribution is -2.06. The topological polar surface area (TPSA) is 43.1 Å². The molecule has 0 heterocycles. The summed E-state index contributed by atoms with van der Waals surface area (Å²) in [6.07, 6.45) is 2.19. The van der Waals surface area contributed by atoms with Crippen LogP contribution in [0.5, 0.6) is 0 Å². The molecule has 0 aromatic heterocycles. The maximum atomic E-state index is 10.3. The van der Waals surface area contributed by atoms with Crippen molar-refractivity contribution in [1.29, 1.82) is 0 Å². The molecule has 0 N–H and O–H groups in total. The summed E-state index contributed by atoms with van der Waals surface area (Å²) in [5.41, 5.74) is 0.204. The van der Waals surface area contributed by atoms with E-state index in [-0.39, 0.29) is 10.3 Å². The van der Waals surface area contributed by atoms with Gasteiger partial charge in [-0.2, -0.15) is 0 Å². The van der Waals surface area contributed by atoms with E-state index in [4.69, 9.17) is 0 Å². The Kier molecular flexibility index (Phi) is 3.23. The molecule has 0 fully saturated rings. The van der Waals surface area contributed by atoms with Gasteiger partial charge >= 0.3 is 0 Å². The summed E-state index contributed by atoms with van der Waals surface area (Å²) >= 11 is 0. The number of hydrogen-bond donors (Lipinski definition) is 0. The Balaban J connectivity index is 4.49. The van der Waals surface area contributed by atoms with Crippen molar-refractivity contribution < 1.29 is 4.92 Å². The highest BCUT2D eigenvalue weighted by molar-refractivity contribution is 4.98. The van der Waals surface area contributed by atoms with Crippen LogP contribution in [0.1, 0.15) is 34.1 Å². The van der Waals surface area contributed by atoms with Crippen LogP contribution in [0.15, 0.2) is 11.8 Å². The lowest BCUT2D eigenvalue weighted by atomic mass is 9.95. The third-order valence-electron chi connectivity index (χ3n) is 1.20. The highest BCUT2D eigenvalue weighted by Crippen LogP contribution is 2.18. The molecule has 0 amide bonds. The van der Waals surface area contributed by atoms with Gasteiger partial charge in [0, 0.05) is 6.42 Å². The van der Waals surface area contributed by atoms with Gasteiger partial charge in [0.2, 0.25) is 5.70 Å². The van der Waals surface area contributed by atoms with Crippen LogP contribution >= 0.6 is 0 Å². The van der Waals surface area contributed by atoms with Crippen LogP contribution in [0.2, 0.25) is 0 Å². The van der Waals surface area contributed by atoms with Gasteiger partial charge in [-0.3, -0.25) is 10.1 Å². The lowest BCUT2D eigenvalue weighted by molar-refractivity contribution is -0.428. The molecule has 0 aromatic rings. The van der Waals surface area contributed by atoms with Crippen LogP contribution in [-0.2, 0) is 0 Å². The zero-order valence-corrected chi connectivity index (χ0v) is 7.55. The number of allylic oxidation sites excluding steroid dienone is 2. The smallest absolute Gasteiger partial charge is 0.242 e. The molecular weight excluding hydrogens is 142 g/mol. The van der Waals surface area contributed by atoms with Crippen molar-refractivity contribution in [3.8, 4) is 0 Å². The van der Waals surface area contributed by atoms with Gasteiger partial charge in [-0.05, 0) is 11.5 Å². The lowest BCUT2D eigenvalue weighted by Gasteiger charge is -2.10. The zero-order chi connectivity index (χ0) is 9.07. The molecule has 11 heavy (non-hydrogen) atoms. The fourth-order valence-corrected chi connectivity index (χ4v) is 0.784. The summed E-state index contributed by atoms with van der Waals surface area (Å²) in [4.78, 5) is 10.0. The van der Waals surface area contributed by atoms with Crippen LogP contribution in [-0.4, -0.2) is 4.92 Å². The molecular formula is C8H15NO2. The first-order valence-electron chi connectivity index (χ1n) is 3.73. The van der Waals surface area contributed by atoms with E-state index < -0.39 is 0 Å². The molecule has 3 nitrogen and oxygen atoms in total. The summed E-state index contributed by atoms with van der Waals surface area (Å²) in [5.74, 6) is 0. The Morgan fingerprint density at radius 2 is 2.00 bits per heavy atom. The molecule has 0 bridgehead atoms. The van der Waals surface area contributed by atoms with Crippen molar-refractivity contribution in [2.75, 3.05) is 0 Å². The van der Waals surface area contributed by atoms with Gasteiger partial charge in [0.05, 0.1) is 4.92 Å². The van der Waals surface area contributed by atoms with Crippen molar-refractivity contribution in [2.24, 2.45) is 5.41 Å². The van der Waals surface area contributed by atoms with E-state index in [0.717, 1.165) is 0 Å². The van der Waals surface area contributed by atoms with Gasteiger partial charge < -0.3 is 0 Å². The highest BCUT2D eigenvalue weighted by Gasteiger charge is 2.14. The first kappa shape index (κ1) is 10.1. The monoisotopic (exact) mass is 157 g/mol. The molecule has 0 aliphatic rings. The number of nitro groups is 1. The first-order valence-corrected chi connectivity index (χ1v) is 3.73. The minimum Gasteiger partial charge on any atom is -0.259 e. The second-order valence-electron chi connectivity index (χ2n) is 3.61. The average molecular weight is 157 g/mol. The van der Waals surface area contributed by atoms with Crippen LogP contribution < -0.4 is 0 Å². The molecule has 0 saturated heterocycles. The summed E-state index contributed by atoms with van der Waals surface area (Å²) in [6.45, 7) is 7.64. The fraction of sp³-hybridized carbons (Fsp3) is 0.750. The maximum Gasteiger partial charge on any atom is 0.242 e. The molecule has 0 aromatic carbocycles. The fourth-order valence-electron chi connectivity index (χ4n) is 0.784. The van der Waals surface area contributed by atoms with E-state index in [1.807, 2.05) is 20.8 Å². The standard InChI is InChI=1S/C8H15NO2/c1-5-7(9(10)11)6-8(2,3)4/h6H,5H2,1-4H3. The molecule has 0 aliphatic heterocycles. The maximum absolute atomic E-state index is 10.3. The Labute approximate surface area is 67.3 Å². The Hall–Kier alpha value is -0.860. The summed E-state index contributed by atoms with van der Waals surface area (Å²) in [6, 6.07) is 0. The van der Waals surface area contributed by atoms with Crippen molar-refractivity contribution in [3.05, 3.63) is 21.9 Å². The van der Waals surface area contributed by atoms with Gasteiger partial charge in [0.1, 0.15) is 0 Å². The third kappa shape index (κ3) is 4.53. The van der Waals surface area contributed by atoms with Crippen molar-refractivity contribution in [3.63, 3.8) is 0 Å². The van der Waals surface area contributed by atoms with Crippen molar-refractivity contribution in [2.45, 2.75) is 34.1 Å². The summed E-state index contributed by atoms with van der Waals surface area (Å²) < 4.78 is 0. The second kappa shape index (κ2) is 3.51. The number of nitrogens with zero attached hydrogens (tertiary/aromatic N) is 1. The molecule has 0 aliphatic carbocycles. The van der Waals surface area contributed by atoms with Gasteiger partial charge in [0.15, 0.2) is 0 Å². The first-order chi connectivity index (χ1) is 4.87. The van der Waals surface area contributed by atoms with Crippen LogP contribution in [0.25, 0.3) is 0 Å². The molecule has 0 spiro atoms. The number of hydrogen-bond acceptors (Lipinski definition) is 2. The van der Waals surface area contributed by atoms with Gasteiger partial charge in [-0.1, -0.05) is 27.7 Å². The SMILES string of the molecule is CCC(=CC(C)(C)C)[N+](=O)[O-]. The average Bonchev–Trinajstić information content (AvgIpc) is 1.80. The van der Waals surface area contributed by atoms with Crippen LogP contribution in [0.4, 0.5) is 0 Å². The Morgan fingerprint density at radius 1 is 1.55 bits per heavy atom. The van der Waals surface area contributed by atoms with Crippen molar-refractivity contribution in [1.82, 2.24) is 0 Å². The molecule has 0 unspecified atom stereocenters. The molecule has 0 rings (SSSR count). The normalized spacial score (nSPS) is 13.3. The zero-order valence-electron chi connectivity index (χ0n) is 7.55. The van der Waals surface area contributed by atoms with E-state index in [0.29, 0.717) is 12.1 Å². The van der Waals surface area contributed by atoms with E-state index in [9.17, 15) is 10.1 Å².